The van der Waals surface area contributed by atoms with E-state index in [-0.39, 0.29) is 17.9 Å². The molecule has 3 heteroatoms. The van der Waals surface area contributed by atoms with Gasteiger partial charge in [-0.15, -0.1) is 0 Å². The molecule has 0 bridgehead atoms. The number of nitrogens with one attached hydrogen (secondary N) is 1. The molecule has 3 unspecified atom stereocenters. The summed E-state index contributed by atoms with van der Waals surface area (Å²) in [6.45, 7) is 0.730. The highest BCUT2D eigenvalue weighted by molar-refractivity contribution is 5.79. The first-order chi connectivity index (χ1) is 9.72. The zero-order valence-electron chi connectivity index (χ0n) is 11.8. The van der Waals surface area contributed by atoms with Crippen LogP contribution in [0.15, 0.2) is 24.3 Å². The van der Waals surface area contributed by atoms with Crippen LogP contribution in [0.5, 0.6) is 0 Å². The predicted octanol–water partition coefficient (Wildman–Crippen LogP) is 2.07. The molecule has 0 aliphatic heterocycles. The second-order valence-corrected chi connectivity index (χ2v) is 6.29. The van der Waals surface area contributed by atoms with Crippen LogP contribution in [0, 0.1) is 11.8 Å². The maximum atomic E-state index is 12.3. The topological polar surface area (TPSA) is 49.3 Å². The summed E-state index contributed by atoms with van der Waals surface area (Å²) in [5.41, 5.74) is 2.73. The van der Waals surface area contributed by atoms with Gasteiger partial charge in [-0.1, -0.05) is 24.3 Å². The number of aliphatic hydroxyl groups is 1. The van der Waals surface area contributed by atoms with Crippen LogP contribution in [0.3, 0.4) is 0 Å². The Morgan fingerprint density at radius 3 is 2.75 bits per heavy atom. The van der Waals surface area contributed by atoms with Crippen molar-refractivity contribution in [2.24, 2.45) is 11.8 Å². The van der Waals surface area contributed by atoms with E-state index >= 15 is 0 Å². The van der Waals surface area contributed by atoms with Gasteiger partial charge in [0, 0.05) is 12.5 Å². The number of amides is 1. The standard InChI is InChI=1S/C17H23NO2/c19-16-8-5-12(9-16)11-18-17(20)15-7-6-13-3-1-2-4-14(13)10-15/h1-4,12,15-16,19H,5-11H2,(H,18,20). The third-order valence-corrected chi connectivity index (χ3v) is 4.80. The highest BCUT2D eigenvalue weighted by Crippen LogP contribution is 2.27. The molecule has 1 amide bonds. The van der Waals surface area contributed by atoms with Crippen molar-refractivity contribution in [2.45, 2.75) is 44.6 Å². The Balaban J connectivity index is 1.51. The average Bonchev–Trinajstić information content (AvgIpc) is 2.90. The van der Waals surface area contributed by atoms with E-state index in [0.717, 1.165) is 45.1 Å². The van der Waals surface area contributed by atoms with Crippen molar-refractivity contribution in [2.75, 3.05) is 6.54 Å². The highest BCUT2D eigenvalue weighted by Gasteiger charge is 2.27. The second kappa shape index (κ2) is 5.96. The molecule has 3 nitrogen and oxygen atoms in total. The minimum Gasteiger partial charge on any atom is -0.393 e. The van der Waals surface area contributed by atoms with Gasteiger partial charge in [0.15, 0.2) is 0 Å². The van der Waals surface area contributed by atoms with Gasteiger partial charge in [-0.2, -0.15) is 0 Å². The molecule has 1 fully saturated rings. The molecule has 2 N–H and O–H groups in total. The molecule has 1 saturated carbocycles. The maximum absolute atomic E-state index is 12.3. The molecule has 2 aliphatic carbocycles. The minimum atomic E-state index is -0.154. The molecule has 1 aromatic carbocycles. The lowest BCUT2D eigenvalue weighted by atomic mass is 9.83. The van der Waals surface area contributed by atoms with Crippen LogP contribution < -0.4 is 5.32 Å². The number of benzene rings is 1. The number of carbonyl (C=O) groups excluding carboxylic acids is 1. The molecule has 3 atom stereocenters. The van der Waals surface area contributed by atoms with Crippen molar-refractivity contribution in [3.05, 3.63) is 35.4 Å². The Morgan fingerprint density at radius 1 is 1.20 bits per heavy atom. The van der Waals surface area contributed by atoms with Gasteiger partial charge in [0.25, 0.3) is 0 Å². The minimum absolute atomic E-state index is 0.122. The van der Waals surface area contributed by atoms with Crippen LogP contribution >= 0.6 is 0 Å². The van der Waals surface area contributed by atoms with Gasteiger partial charge >= 0.3 is 0 Å². The quantitative estimate of drug-likeness (QED) is 0.885. The molecule has 0 spiro atoms. The number of rotatable bonds is 3. The Hall–Kier alpha value is -1.35. The van der Waals surface area contributed by atoms with E-state index in [0.29, 0.717) is 5.92 Å². The second-order valence-electron chi connectivity index (χ2n) is 6.29. The van der Waals surface area contributed by atoms with Gasteiger partial charge < -0.3 is 10.4 Å². The monoisotopic (exact) mass is 273 g/mol. The summed E-state index contributed by atoms with van der Waals surface area (Å²) in [6.07, 6.45) is 5.44. The van der Waals surface area contributed by atoms with Crippen LogP contribution in [0.4, 0.5) is 0 Å². The van der Waals surface area contributed by atoms with Crippen LogP contribution in [-0.2, 0) is 17.6 Å². The van der Waals surface area contributed by atoms with Crippen LogP contribution in [-0.4, -0.2) is 23.7 Å². The SMILES string of the molecule is O=C(NCC1CCC(O)C1)C1CCc2ccccc2C1. The first-order valence-corrected chi connectivity index (χ1v) is 7.75. The van der Waals surface area contributed by atoms with E-state index in [9.17, 15) is 9.90 Å². The van der Waals surface area contributed by atoms with E-state index in [2.05, 4.69) is 29.6 Å². The van der Waals surface area contributed by atoms with Crippen LogP contribution in [0.2, 0.25) is 0 Å². The van der Waals surface area contributed by atoms with E-state index < -0.39 is 0 Å². The van der Waals surface area contributed by atoms with E-state index in [1.165, 1.54) is 11.1 Å². The molecule has 20 heavy (non-hydrogen) atoms. The lowest BCUT2D eigenvalue weighted by Crippen LogP contribution is -2.36. The van der Waals surface area contributed by atoms with Crippen molar-refractivity contribution in [3.63, 3.8) is 0 Å². The molecule has 1 aromatic rings. The Labute approximate surface area is 120 Å². The summed E-state index contributed by atoms with van der Waals surface area (Å²) in [7, 11) is 0. The van der Waals surface area contributed by atoms with Crippen molar-refractivity contribution in [1.82, 2.24) is 5.32 Å². The molecule has 2 aliphatic rings. The summed E-state index contributed by atoms with van der Waals surface area (Å²) < 4.78 is 0. The van der Waals surface area contributed by atoms with Crippen LogP contribution in [0.1, 0.15) is 36.8 Å². The smallest absolute Gasteiger partial charge is 0.223 e. The van der Waals surface area contributed by atoms with Crippen molar-refractivity contribution in [3.8, 4) is 0 Å². The average molecular weight is 273 g/mol. The molecule has 0 aromatic heterocycles. The third kappa shape index (κ3) is 3.04. The number of hydrogen-bond acceptors (Lipinski definition) is 2. The summed E-state index contributed by atoms with van der Waals surface area (Å²) >= 11 is 0. The van der Waals surface area contributed by atoms with Crippen molar-refractivity contribution < 1.29 is 9.90 Å². The lowest BCUT2D eigenvalue weighted by molar-refractivity contribution is -0.125. The summed E-state index contributed by atoms with van der Waals surface area (Å²) in [5, 5.41) is 12.6. The highest BCUT2D eigenvalue weighted by atomic mass is 16.3. The maximum Gasteiger partial charge on any atom is 0.223 e. The summed E-state index contributed by atoms with van der Waals surface area (Å²) in [5.74, 6) is 0.780. The molecule has 3 rings (SSSR count). The Kier molecular flexibility index (Phi) is 4.06. The molecular formula is C17H23NO2. The lowest BCUT2D eigenvalue weighted by Gasteiger charge is -2.24. The third-order valence-electron chi connectivity index (χ3n) is 4.80. The number of aryl methyl sites for hydroxylation is 1. The number of aliphatic hydroxyl groups excluding tert-OH is 1. The number of hydrogen-bond donors (Lipinski definition) is 2. The predicted molar refractivity (Wildman–Crippen MR) is 78.3 cm³/mol. The fraction of sp³-hybridized carbons (Fsp3) is 0.588. The number of fused-ring (bicyclic) bond motifs is 1. The zero-order valence-corrected chi connectivity index (χ0v) is 11.8. The summed E-state index contributed by atoms with van der Waals surface area (Å²) in [6, 6.07) is 8.44. The molecule has 0 heterocycles. The van der Waals surface area contributed by atoms with Gasteiger partial charge in [0.2, 0.25) is 5.91 Å². The Bertz CT molecular complexity index is 486. The molecule has 0 radical (unpaired) electrons. The van der Waals surface area contributed by atoms with Crippen molar-refractivity contribution >= 4 is 5.91 Å². The molecular weight excluding hydrogens is 250 g/mol. The number of carbonyl (C=O) groups is 1. The first kappa shape index (κ1) is 13.6. The fourth-order valence-electron chi connectivity index (χ4n) is 3.54. The molecule has 108 valence electrons. The van der Waals surface area contributed by atoms with E-state index in [1.807, 2.05) is 0 Å². The Morgan fingerprint density at radius 2 is 2.00 bits per heavy atom. The molecule has 0 saturated heterocycles. The van der Waals surface area contributed by atoms with E-state index in [4.69, 9.17) is 0 Å². The normalized spacial score (nSPS) is 28.9. The zero-order chi connectivity index (χ0) is 13.9. The van der Waals surface area contributed by atoms with Gasteiger partial charge in [0.1, 0.15) is 0 Å². The largest absolute Gasteiger partial charge is 0.393 e. The van der Waals surface area contributed by atoms with Crippen molar-refractivity contribution in [1.29, 1.82) is 0 Å². The first-order valence-electron chi connectivity index (χ1n) is 7.75. The van der Waals surface area contributed by atoms with Gasteiger partial charge in [0.05, 0.1) is 6.10 Å². The van der Waals surface area contributed by atoms with Gasteiger partial charge in [-0.25, -0.2) is 0 Å². The van der Waals surface area contributed by atoms with E-state index in [1.54, 1.807) is 0 Å². The van der Waals surface area contributed by atoms with Gasteiger partial charge in [-0.05, 0) is 55.6 Å². The summed E-state index contributed by atoms with van der Waals surface area (Å²) in [4.78, 5) is 12.3. The van der Waals surface area contributed by atoms with Gasteiger partial charge in [-0.3, -0.25) is 4.79 Å². The fourth-order valence-corrected chi connectivity index (χ4v) is 3.54. The van der Waals surface area contributed by atoms with Crippen LogP contribution in [0.25, 0.3) is 0 Å².